The number of Topliss-reactive ketones (excluding diaryl/α,β-unsaturated/α-hetero) is 1. The molecule has 0 amide bonds. The first-order chi connectivity index (χ1) is 8.11. The van der Waals surface area contributed by atoms with Crippen molar-refractivity contribution in [1.29, 1.82) is 0 Å². The van der Waals surface area contributed by atoms with Crippen molar-refractivity contribution in [3.05, 3.63) is 29.3 Å². The van der Waals surface area contributed by atoms with Crippen molar-refractivity contribution in [2.45, 2.75) is 26.2 Å². The molecule has 0 saturated heterocycles. The van der Waals surface area contributed by atoms with Gasteiger partial charge in [-0.05, 0) is 18.6 Å². The Morgan fingerprint density at radius 2 is 1.94 bits per heavy atom. The second kappa shape index (κ2) is 6.03. The Bertz CT molecular complexity index is 427. The van der Waals surface area contributed by atoms with E-state index in [0.29, 0.717) is 12.0 Å². The fourth-order valence-electron chi connectivity index (χ4n) is 1.57. The number of carbonyl (C=O) groups excluding carboxylic acids is 2. The van der Waals surface area contributed by atoms with Crippen LogP contribution in [0, 0.1) is 0 Å². The van der Waals surface area contributed by atoms with Crippen molar-refractivity contribution in [3.63, 3.8) is 0 Å². The number of methoxy groups -OCH3 is 1. The van der Waals surface area contributed by atoms with E-state index in [0.717, 1.165) is 12.8 Å². The lowest BCUT2D eigenvalue weighted by Crippen LogP contribution is -2.10. The molecule has 92 valence electrons. The molecule has 4 nitrogen and oxygen atoms in total. The SMILES string of the molecule is CCCCC(=O)c1cccc(C(=O)OC)c1N. The highest BCUT2D eigenvalue weighted by molar-refractivity contribution is 6.06. The molecule has 0 saturated carbocycles. The van der Waals surface area contributed by atoms with E-state index in [-0.39, 0.29) is 17.0 Å². The summed E-state index contributed by atoms with van der Waals surface area (Å²) in [5, 5.41) is 0. The first-order valence-corrected chi connectivity index (χ1v) is 5.61. The summed E-state index contributed by atoms with van der Waals surface area (Å²) in [4.78, 5) is 23.3. The van der Waals surface area contributed by atoms with Crippen LogP contribution in [-0.4, -0.2) is 18.9 Å². The summed E-state index contributed by atoms with van der Waals surface area (Å²) in [6.07, 6.45) is 2.22. The summed E-state index contributed by atoms with van der Waals surface area (Å²) in [5.41, 5.74) is 6.67. The van der Waals surface area contributed by atoms with E-state index >= 15 is 0 Å². The fraction of sp³-hybridized carbons (Fsp3) is 0.385. The standard InChI is InChI=1S/C13H17NO3/c1-3-4-8-11(15)9-6-5-7-10(12(9)14)13(16)17-2/h5-7H,3-4,8,14H2,1-2H3. The Kier molecular flexibility index (Phi) is 4.69. The molecule has 0 aliphatic carbocycles. The van der Waals surface area contributed by atoms with Crippen LogP contribution in [0.25, 0.3) is 0 Å². The van der Waals surface area contributed by atoms with Crippen LogP contribution in [0.3, 0.4) is 0 Å². The van der Waals surface area contributed by atoms with Gasteiger partial charge in [0, 0.05) is 12.0 Å². The largest absolute Gasteiger partial charge is 0.465 e. The predicted molar refractivity (Wildman–Crippen MR) is 66.0 cm³/mol. The van der Waals surface area contributed by atoms with Crippen LogP contribution in [-0.2, 0) is 4.74 Å². The van der Waals surface area contributed by atoms with Crippen LogP contribution >= 0.6 is 0 Å². The van der Waals surface area contributed by atoms with Crippen molar-refractivity contribution in [1.82, 2.24) is 0 Å². The van der Waals surface area contributed by atoms with Crippen LogP contribution < -0.4 is 5.73 Å². The van der Waals surface area contributed by atoms with Gasteiger partial charge in [-0.1, -0.05) is 19.4 Å². The molecule has 1 aromatic rings. The summed E-state index contributed by atoms with van der Waals surface area (Å²) in [5.74, 6) is -0.553. The fourth-order valence-corrected chi connectivity index (χ4v) is 1.57. The van der Waals surface area contributed by atoms with Crippen LogP contribution in [0.4, 0.5) is 5.69 Å². The molecule has 0 atom stereocenters. The Labute approximate surface area is 101 Å². The number of unbranched alkanes of at least 4 members (excludes halogenated alkanes) is 1. The first-order valence-electron chi connectivity index (χ1n) is 5.61. The smallest absolute Gasteiger partial charge is 0.339 e. The number of ether oxygens (including phenoxy) is 1. The van der Waals surface area contributed by atoms with E-state index in [1.807, 2.05) is 6.92 Å². The molecule has 1 rings (SSSR count). The van der Waals surface area contributed by atoms with Crippen molar-refractivity contribution < 1.29 is 14.3 Å². The zero-order valence-electron chi connectivity index (χ0n) is 10.2. The van der Waals surface area contributed by atoms with Gasteiger partial charge in [0.15, 0.2) is 5.78 Å². The molecule has 2 N–H and O–H groups in total. The maximum absolute atomic E-state index is 11.9. The number of carbonyl (C=O) groups is 2. The van der Waals surface area contributed by atoms with E-state index in [1.165, 1.54) is 7.11 Å². The Balaban J connectivity index is 3.01. The van der Waals surface area contributed by atoms with Gasteiger partial charge in [-0.25, -0.2) is 4.79 Å². The van der Waals surface area contributed by atoms with Gasteiger partial charge in [-0.3, -0.25) is 4.79 Å². The molecule has 4 heteroatoms. The van der Waals surface area contributed by atoms with E-state index in [1.54, 1.807) is 18.2 Å². The molecule has 0 aliphatic heterocycles. The molecule has 0 fully saturated rings. The minimum absolute atomic E-state index is 0.0323. The molecule has 17 heavy (non-hydrogen) atoms. The Morgan fingerprint density at radius 1 is 1.29 bits per heavy atom. The van der Waals surface area contributed by atoms with Gasteiger partial charge >= 0.3 is 5.97 Å². The topological polar surface area (TPSA) is 69.4 Å². The zero-order chi connectivity index (χ0) is 12.8. The number of ketones is 1. The van der Waals surface area contributed by atoms with Gasteiger partial charge in [0.2, 0.25) is 0 Å². The molecule has 0 unspecified atom stereocenters. The van der Waals surface area contributed by atoms with Crippen molar-refractivity contribution in [3.8, 4) is 0 Å². The molecule has 0 spiro atoms. The predicted octanol–water partition coefficient (Wildman–Crippen LogP) is 2.43. The van der Waals surface area contributed by atoms with Crippen molar-refractivity contribution >= 4 is 17.4 Å². The molecule has 0 bridgehead atoms. The summed E-state index contributed by atoms with van der Waals surface area (Å²) in [7, 11) is 1.29. The third-order valence-corrected chi connectivity index (χ3v) is 2.57. The summed E-state index contributed by atoms with van der Waals surface area (Å²) in [6.45, 7) is 2.02. The van der Waals surface area contributed by atoms with Gasteiger partial charge in [-0.15, -0.1) is 0 Å². The third-order valence-electron chi connectivity index (χ3n) is 2.57. The second-order valence-corrected chi connectivity index (χ2v) is 3.79. The third kappa shape index (κ3) is 3.06. The average Bonchev–Trinajstić information content (AvgIpc) is 2.35. The first kappa shape index (κ1) is 13.2. The molecular formula is C13H17NO3. The maximum atomic E-state index is 11.9. The minimum atomic E-state index is -0.521. The van der Waals surface area contributed by atoms with E-state index in [4.69, 9.17) is 5.73 Å². The number of hydrogen-bond donors (Lipinski definition) is 1. The summed E-state index contributed by atoms with van der Waals surface area (Å²) < 4.78 is 4.60. The lowest BCUT2D eigenvalue weighted by atomic mass is 10.0. The van der Waals surface area contributed by atoms with Crippen molar-refractivity contribution in [2.75, 3.05) is 12.8 Å². The number of esters is 1. The molecule has 0 radical (unpaired) electrons. The molecular weight excluding hydrogens is 218 g/mol. The minimum Gasteiger partial charge on any atom is -0.465 e. The van der Waals surface area contributed by atoms with Gasteiger partial charge in [0.25, 0.3) is 0 Å². The van der Waals surface area contributed by atoms with Gasteiger partial charge in [0.05, 0.1) is 18.4 Å². The number of hydrogen-bond acceptors (Lipinski definition) is 4. The van der Waals surface area contributed by atoms with E-state index in [9.17, 15) is 9.59 Å². The number of nitrogen functional groups attached to an aromatic ring is 1. The van der Waals surface area contributed by atoms with Crippen LogP contribution in [0.2, 0.25) is 0 Å². The van der Waals surface area contributed by atoms with Gasteiger partial charge in [0.1, 0.15) is 0 Å². The lowest BCUT2D eigenvalue weighted by Gasteiger charge is -2.08. The highest BCUT2D eigenvalue weighted by atomic mass is 16.5. The van der Waals surface area contributed by atoms with E-state index < -0.39 is 5.97 Å². The zero-order valence-corrected chi connectivity index (χ0v) is 10.2. The molecule has 0 aliphatic rings. The van der Waals surface area contributed by atoms with Crippen LogP contribution in [0.5, 0.6) is 0 Å². The van der Waals surface area contributed by atoms with Gasteiger partial charge < -0.3 is 10.5 Å². The summed E-state index contributed by atoms with van der Waals surface area (Å²) in [6, 6.07) is 4.83. The monoisotopic (exact) mass is 235 g/mol. The number of benzene rings is 1. The Hall–Kier alpha value is -1.84. The number of nitrogens with two attached hydrogens (primary N) is 1. The number of para-hydroxylation sites is 1. The van der Waals surface area contributed by atoms with Crippen LogP contribution in [0.1, 0.15) is 46.9 Å². The maximum Gasteiger partial charge on any atom is 0.339 e. The van der Waals surface area contributed by atoms with E-state index in [2.05, 4.69) is 4.74 Å². The Morgan fingerprint density at radius 3 is 2.53 bits per heavy atom. The highest BCUT2D eigenvalue weighted by Crippen LogP contribution is 2.20. The average molecular weight is 235 g/mol. The van der Waals surface area contributed by atoms with Crippen molar-refractivity contribution in [2.24, 2.45) is 0 Å². The quantitative estimate of drug-likeness (QED) is 0.483. The van der Waals surface area contributed by atoms with Crippen LogP contribution in [0.15, 0.2) is 18.2 Å². The summed E-state index contributed by atoms with van der Waals surface area (Å²) >= 11 is 0. The lowest BCUT2D eigenvalue weighted by molar-refractivity contribution is 0.0602. The highest BCUT2D eigenvalue weighted by Gasteiger charge is 2.16. The molecule has 0 aromatic heterocycles. The normalized spacial score (nSPS) is 10.0. The number of rotatable bonds is 5. The van der Waals surface area contributed by atoms with Gasteiger partial charge in [-0.2, -0.15) is 0 Å². The molecule has 1 aromatic carbocycles. The number of anilines is 1. The molecule has 0 heterocycles. The second-order valence-electron chi connectivity index (χ2n) is 3.79.